The summed E-state index contributed by atoms with van der Waals surface area (Å²) >= 11 is 0. The number of anilines is 1. The molecule has 7 nitrogen and oxygen atoms in total. The topological polar surface area (TPSA) is 81.6 Å². The van der Waals surface area contributed by atoms with Gasteiger partial charge in [0.25, 0.3) is 6.43 Å². The molecule has 1 fully saturated rings. The minimum absolute atomic E-state index is 0.0308. The van der Waals surface area contributed by atoms with Crippen LogP contribution in [0.5, 0.6) is 0 Å². The Morgan fingerprint density at radius 2 is 1.97 bits per heavy atom. The lowest BCUT2D eigenvalue weighted by Gasteiger charge is -2.38. The van der Waals surface area contributed by atoms with Gasteiger partial charge in [-0.2, -0.15) is 0 Å². The fourth-order valence-electron chi connectivity index (χ4n) is 5.68. The van der Waals surface area contributed by atoms with Crippen LogP contribution in [0, 0.1) is 12.3 Å². The number of aryl methyl sites for hydroxylation is 2. The Bertz CT molecular complexity index is 1260. The second-order valence-corrected chi connectivity index (χ2v) is 10.3. The molecule has 9 heteroatoms. The molecule has 0 unspecified atom stereocenters. The summed E-state index contributed by atoms with van der Waals surface area (Å²) in [4.78, 5) is 20.1. The van der Waals surface area contributed by atoms with Crippen LogP contribution in [0.1, 0.15) is 55.9 Å². The highest BCUT2D eigenvalue weighted by atomic mass is 19.3. The van der Waals surface area contributed by atoms with Gasteiger partial charge in [-0.05, 0) is 73.6 Å². The first-order chi connectivity index (χ1) is 18.3. The lowest BCUT2D eigenvalue weighted by molar-refractivity contribution is -0.128. The SMILES string of the molecule is CC(=O)N1CCC(NC2CCOCC2)=C(C(=N)N2CCCc3cc(-c4ccnc(C)c4)c(C(F)F)cc32)C1. The molecular weight excluding hydrogens is 488 g/mol. The number of nitrogens with zero attached hydrogens (tertiary/aromatic N) is 3. The summed E-state index contributed by atoms with van der Waals surface area (Å²) in [6.45, 7) is 6.29. The summed E-state index contributed by atoms with van der Waals surface area (Å²) in [7, 11) is 0. The molecule has 2 N–H and O–H groups in total. The summed E-state index contributed by atoms with van der Waals surface area (Å²) in [5, 5.41) is 12.9. The van der Waals surface area contributed by atoms with Gasteiger partial charge in [-0.25, -0.2) is 8.78 Å². The van der Waals surface area contributed by atoms with Crippen molar-refractivity contribution in [3.05, 3.63) is 58.6 Å². The number of rotatable bonds is 5. The molecule has 0 radical (unpaired) electrons. The molecule has 3 aliphatic rings. The molecule has 202 valence electrons. The third-order valence-corrected chi connectivity index (χ3v) is 7.76. The number of ether oxygens (including phenoxy) is 1. The van der Waals surface area contributed by atoms with Gasteiger partial charge >= 0.3 is 0 Å². The third kappa shape index (κ3) is 5.43. The molecule has 0 aliphatic carbocycles. The molecule has 0 atom stereocenters. The maximum atomic E-state index is 14.4. The fourth-order valence-corrected chi connectivity index (χ4v) is 5.68. The monoisotopic (exact) mass is 523 g/mol. The minimum atomic E-state index is -2.66. The number of carbonyl (C=O) groups is 1. The van der Waals surface area contributed by atoms with Crippen LogP contribution in [-0.4, -0.2) is 60.5 Å². The highest BCUT2D eigenvalue weighted by Crippen LogP contribution is 2.40. The molecule has 3 aliphatic heterocycles. The van der Waals surface area contributed by atoms with Crippen LogP contribution < -0.4 is 10.2 Å². The summed E-state index contributed by atoms with van der Waals surface area (Å²) in [6.07, 6.45) is 2.97. The number of halogens is 2. The summed E-state index contributed by atoms with van der Waals surface area (Å²) < 4.78 is 34.2. The average molecular weight is 524 g/mol. The number of carbonyl (C=O) groups excluding carboxylic acids is 1. The number of amides is 1. The Hall–Kier alpha value is -3.33. The zero-order chi connectivity index (χ0) is 26.8. The van der Waals surface area contributed by atoms with E-state index in [2.05, 4.69) is 10.3 Å². The summed E-state index contributed by atoms with van der Waals surface area (Å²) in [6, 6.07) is 7.28. The van der Waals surface area contributed by atoms with E-state index in [1.165, 1.54) is 0 Å². The summed E-state index contributed by atoms with van der Waals surface area (Å²) in [5.74, 6) is 0.246. The van der Waals surface area contributed by atoms with Crippen molar-refractivity contribution >= 4 is 17.4 Å². The first-order valence-electron chi connectivity index (χ1n) is 13.4. The molecular formula is C29H35F2N5O2. The van der Waals surface area contributed by atoms with Crippen molar-refractivity contribution in [3.63, 3.8) is 0 Å². The highest BCUT2D eigenvalue weighted by molar-refractivity contribution is 6.09. The van der Waals surface area contributed by atoms with Crippen molar-refractivity contribution < 1.29 is 18.3 Å². The van der Waals surface area contributed by atoms with E-state index in [0.29, 0.717) is 50.5 Å². The molecule has 0 saturated carbocycles. The normalized spacial score (nSPS) is 18.6. The van der Waals surface area contributed by atoms with Crippen molar-refractivity contribution in [3.8, 4) is 11.1 Å². The Morgan fingerprint density at radius 1 is 1.18 bits per heavy atom. The van der Waals surface area contributed by atoms with Gasteiger partial charge < -0.3 is 19.9 Å². The molecule has 1 aromatic heterocycles. The van der Waals surface area contributed by atoms with E-state index in [0.717, 1.165) is 53.8 Å². The van der Waals surface area contributed by atoms with E-state index < -0.39 is 6.43 Å². The zero-order valence-corrected chi connectivity index (χ0v) is 22.0. The quantitative estimate of drug-likeness (QED) is 0.426. The first-order valence-corrected chi connectivity index (χ1v) is 13.4. The molecule has 1 amide bonds. The van der Waals surface area contributed by atoms with Crippen molar-refractivity contribution in [2.24, 2.45) is 0 Å². The predicted molar refractivity (Wildman–Crippen MR) is 144 cm³/mol. The smallest absolute Gasteiger partial charge is 0.264 e. The second kappa shape index (κ2) is 11.2. The largest absolute Gasteiger partial charge is 0.385 e. The third-order valence-electron chi connectivity index (χ3n) is 7.76. The van der Waals surface area contributed by atoms with E-state index in [9.17, 15) is 19.0 Å². The van der Waals surface area contributed by atoms with Crippen LogP contribution in [0.2, 0.25) is 0 Å². The molecule has 0 spiro atoms. The number of benzene rings is 1. The van der Waals surface area contributed by atoms with Gasteiger partial charge in [0.1, 0.15) is 5.84 Å². The van der Waals surface area contributed by atoms with Crippen LogP contribution in [0.4, 0.5) is 14.5 Å². The van der Waals surface area contributed by atoms with Gasteiger partial charge in [-0.1, -0.05) is 0 Å². The Labute approximate surface area is 222 Å². The fraction of sp³-hybridized carbons (Fsp3) is 0.483. The van der Waals surface area contributed by atoms with E-state index in [1.54, 1.807) is 30.2 Å². The number of amidine groups is 1. The number of alkyl halides is 2. The standard InChI is InChI=1S/C29H35F2N5O2/c1-18-14-20(5-9-33-18)23-15-21-4-3-10-36(27(21)16-24(23)28(30)31)29(32)25-17-35(19(2)37)11-6-26(25)34-22-7-12-38-13-8-22/h5,9,14-16,22,28,32,34H,3-4,6-8,10-13,17H2,1-2H3. The Balaban J connectivity index is 1.53. The molecule has 0 bridgehead atoms. The number of aromatic nitrogens is 1. The number of hydrogen-bond acceptors (Lipinski definition) is 5. The Morgan fingerprint density at radius 3 is 2.68 bits per heavy atom. The van der Waals surface area contributed by atoms with Crippen LogP contribution in [0.15, 0.2) is 41.7 Å². The van der Waals surface area contributed by atoms with Crippen LogP contribution >= 0.6 is 0 Å². The molecule has 38 heavy (non-hydrogen) atoms. The molecule has 5 rings (SSSR count). The van der Waals surface area contributed by atoms with Crippen LogP contribution in [0.3, 0.4) is 0 Å². The van der Waals surface area contributed by atoms with Gasteiger partial charge in [0.15, 0.2) is 0 Å². The number of nitrogens with one attached hydrogen (secondary N) is 2. The van der Waals surface area contributed by atoms with Gasteiger partial charge in [0.2, 0.25) is 5.91 Å². The maximum absolute atomic E-state index is 14.4. The number of pyridine rings is 1. The molecule has 1 aromatic carbocycles. The minimum Gasteiger partial charge on any atom is -0.385 e. The van der Waals surface area contributed by atoms with Gasteiger partial charge in [-0.15, -0.1) is 0 Å². The zero-order valence-electron chi connectivity index (χ0n) is 22.0. The molecule has 2 aromatic rings. The number of fused-ring (bicyclic) bond motifs is 1. The van der Waals surface area contributed by atoms with Crippen LogP contribution in [0.25, 0.3) is 11.1 Å². The van der Waals surface area contributed by atoms with Crippen LogP contribution in [-0.2, 0) is 16.0 Å². The highest BCUT2D eigenvalue weighted by Gasteiger charge is 2.31. The van der Waals surface area contributed by atoms with E-state index in [4.69, 9.17) is 4.74 Å². The van der Waals surface area contributed by atoms with Crippen molar-refractivity contribution in [2.75, 3.05) is 37.7 Å². The first kappa shape index (κ1) is 26.3. The van der Waals surface area contributed by atoms with Gasteiger partial charge in [0.05, 0.1) is 6.54 Å². The predicted octanol–water partition coefficient (Wildman–Crippen LogP) is 5.00. The maximum Gasteiger partial charge on any atom is 0.264 e. The van der Waals surface area contributed by atoms with Gasteiger partial charge in [-0.3, -0.25) is 15.2 Å². The van der Waals surface area contributed by atoms with E-state index in [1.807, 2.05) is 24.0 Å². The van der Waals surface area contributed by atoms with Crippen molar-refractivity contribution in [1.29, 1.82) is 5.41 Å². The van der Waals surface area contributed by atoms with E-state index >= 15 is 0 Å². The summed E-state index contributed by atoms with van der Waals surface area (Å²) in [5.41, 5.74) is 5.31. The van der Waals surface area contributed by atoms with E-state index in [-0.39, 0.29) is 23.3 Å². The second-order valence-electron chi connectivity index (χ2n) is 10.3. The lowest BCUT2D eigenvalue weighted by Crippen LogP contribution is -2.46. The van der Waals surface area contributed by atoms with Crippen molar-refractivity contribution in [2.45, 2.75) is 58.4 Å². The molecule has 4 heterocycles. The lowest BCUT2D eigenvalue weighted by atomic mass is 9.91. The van der Waals surface area contributed by atoms with Gasteiger partial charge in [0, 0.05) is 80.1 Å². The number of hydrogen-bond donors (Lipinski definition) is 2. The van der Waals surface area contributed by atoms with Crippen molar-refractivity contribution in [1.82, 2.24) is 15.2 Å². The molecule has 1 saturated heterocycles. The Kier molecular flexibility index (Phi) is 7.74. The average Bonchev–Trinajstić information content (AvgIpc) is 2.92.